The lowest BCUT2D eigenvalue weighted by Gasteiger charge is -2.15. The van der Waals surface area contributed by atoms with Crippen LogP contribution in [0.4, 0.5) is 0 Å². The Morgan fingerprint density at radius 2 is 1.10 bits per heavy atom. The topological polar surface area (TPSA) is 134 Å². The van der Waals surface area contributed by atoms with Crippen molar-refractivity contribution in [1.82, 2.24) is 45.2 Å². The molecule has 6 rings (SSSR count). The highest BCUT2D eigenvalue weighted by molar-refractivity contribution is 6.39. The Labute approximate surface area is 300 Å². The van der Waals surface area contributed by atoms with Crippen molar-refractivity contribution < 1.29 is 9.47 Å². The molecule has 0 bridgehead atoms. The zero-order valence-electron chi connectivity index (χ0n) is 27.7. The van der Waals surface area contributed by atoms with Crippen molar-refractivity contribution >= 4 is 23.2 Å². The molecule has 1 N–H and O–H groups in total. The van der Waals surface area contributed by atoms with E-state index in [-0.39, 0.29) is 0 Å². The third-order valence-electron chi connectivity index (χ3n) is 8.03. The van der Waals surface area contributed by atoms with Gasteiger partial charge < -0.3 is 14.8 Å². The van der Waals surface area contributed by atoms with Crippen molar-refractivity contribution in [3.63, 3.8) is 0 Å². The maximum absolute atomic E-state index is 7.07. The molecule has 254 valence electrons. The fourth-order valence-electron chi connectivity index (χ4n) is 5.49. The van der Waals surface area contributed by atoms with E-state index < -0.39 is 0 Å². The normalized spacial score (nSPS) is 11.0. The minimum absolute atomic E-state index is 0.414. The average Bonchev–Trinajstić information content (AvgIpc) is 3.16. The zero-order chi connectivity index (χ0) is 34.7. The number of aryl methyl sites for hydroxylation is 2. The number of hydrogen-bond acceptors (Lipinski definition) is 11. The standard InChI is InChI=1S/C37H35Cl2N9O2/c1-49-36-30(12-4-3-7-24-19-41-15-17-43-24)45-22-31(47-36)28-10-5-8-26(34(28)38)27-9-6-11-29(35(27)39)32-23-46-33(37(48-32)50-2)21-40-14-13-25-20-42-16-18-44-25/h5-6,8-11,15-20,22-23,40H,3-4,7,12-14,21H2,1-2H3. The summed E-state index contributed by atoms with van der Waals surface area (Å²) in [7, 11) is 3.18. The Kier molecular flexibility index (Phi) is 11.8. The smallest absolute Gasteiger partial charge is 0.237 e. The number of ether oxygens (including phenoxy) is 2. The summed E-state index contributed by atoms with van der Waals surface area (Å²) in [5.74, 6) is 0.887. The van der Waals surface area contributed by atoms with Crippen molar-refractivity contribution in [2.45, 2.75) is 38.6 Å². The summed E-state index contributed by atoms with van der Waals surface area (Å²) in [5, 5.41) is 4.34. The molecule has 0 amide bonds. The molecule has 0 saturated carbocycles. The van der Waals surface area contributed by atoms with E-state index in [1.165, 1.54) is 0 Å². The maximum atomic E-state index is 7.07. The van der Waals surface area contributed by atoms with Crippen LogP contribution >= 0.6 is 23.2 Å². The fraction of sp³-hybridized carbons (Fsp3) is 0.243. The molecule has 13 heteroatoms. The summed E-state index contributed by atoms with van der Waals surface area (Å²) in [6.07, 6.45) is 17.9. The Morgan fingerprint density at radius 3 is 1.66 bits per heavy atom. The van der Waals surface area contributed by atoms with Gasteiger partial charge in [0.25, 0.3) is 0 Å². The quantitative estimate of drug-likeness (QED) is 0.110. The van der Waals surface area contributed by atoms with Gasteiger partial charge in [-0.2, -0.15) is 0 Å². The van der Waals surface area contributed by atoms with Crippen LogP contribution in [0.5, 0.6) is 11.8 Å². The van der Waals surface area contributed by atoms with Crippen LogP contribution in [-0.2, 0) is 25.8 Å². The number of nitrogens with zero attached hydrogens (tertiary/aromatic N) is 8. The molecule has 0 atom stereocenters. The molecule has 2 aromatic carbocycles. The van der Waals surface area contributed by atoms with Gasteiger partial charge in [-0.15, -0.1) is 0 Å². The number of aromatic nitrogens is 8. The van der Waals surface area contributed by atoms with Gasteiger partial charge in [-0.3, -0.25) is 29.9 Å². The molecule has 50 heavy (non-hydrogen) atoms. The minimum atomic E-state index is 0.414. The number of unbranched alkanes of at least 4 members (excludes halogenated alkanes) is 1. The molecule has 0 aliphatic carbocycles. The van der Waals surface area contributed by atoms with Crippen LogP contribution in [-0.4, -0.2) is 60.6 Å². The van der Waals surface area contributed by atoms with Crippen LogP contribution in [0.1, 0.15) is 35.6 Å². The van der Waals surface area contributed by atoms with Crippen LogP contribution < -0.4 is 14.8 Å². The highest BCUT2D eigenvalue weighted by Gasteiger charge is 2.19. The third-order valence-corrected chi connectivity index (χ3v) is 8.84. The van der Waals surface area contributed by atoms with Crippen molar-refractivity contribution in [1.29, 1.82) is 0 Å². The first kappa shape index (κ1) is 34.8. The molecule has 0 saturated heterocycles. The maximum Gasteiger partial charge on any atom is 0.237 e. The third kappa shape index (κ3) is 8.36. The summed E-state index contributed by atoms with van der Waals surface area (Å²) in [4.78, 5) is 35.8. The number of benzene rings is 2. The second-order valence-corrected chi connectivity index (χ2v) is 12.0. The molecule has 0 radical (unpaired) electrons. The van der Waals surface area contributed by atoms with Gasteiger partial charge in [0.15, 0.2) is 0 Å². The predicted octanol–water partition coefficient (Wildman–Crippen LogP) is 7.07. The molecular weight excluding hydrogens is 673 g/mol. The van der Waals surface area contributed by atoms with Crippen LogP contribution in [0, 0.1) is 0 Å². The van der Waals surface area contributed by atoms with Crippen molar-refractivity contribution in [2.24, 2.45) is 0 Å². The minimum Gasteiger partial charge on any atom is -0.480 e. The fourth-order valence-corrected chi connectivity index (χ4v) is 6.14. The molecule has 0 fully saturated rings. The molecule has 0 unspecified atom stereocenters. The van der Waals surface area contributed by atoms with Gasteiger partial charge in [-0.25, -0.2) is 9.97 Å². The first-order valence-electron chi connectivity index (χ1n) is 16.1. The highest BCUT2D eigenvalue weighted by atomic mass is 35.5. The largest absolute Gasteiger partial charge is 0.480 e. The van der Waals surface area contributed by atoms with Crippen molar-refractivity contribution in [2.75, 3.05) is 20.8 Å². The van der Waals surface area contributed by atoms with Crippen molar-refractivity contribution in [3.05, 3.63) is 119 Å². The van der Waals surface area contributed by atoms with E-state index in [0.29, 0.717) is 63.1 Å². The van der Waals surface area contributed by atoms with Crippen LogP contribution in [0.15, 0.2) is 86.0 Å². The summed E-state index contributed by atoms with van der Waals surface area (Å²) in [5.41, 5.74) is 7.43. The first-order chi connectivity index (χ1) is 24.6. The lowest BCUT2D eigenvalue weighted by molar-refractivity contribution is 0.387. The molecule has 0 aliphatic rings. The molecular formula is C37H35Cl2N9O2. The molecule has 0 aliphatic heterocycles. The number of methoxy groups -OCH3 is 2. The summed E-state index contributed by atoms with van der Waals surface area (Å²) >= 11 is 14.1. The molecule has 11 nitrogen and oxygen atoms in total. The SMILES string of the molecule is COc1nc(-c2cccc(-c3cccc(-c4cnc(CNCCc5cnccn5)c(OC)n4)c3Cl)c2Cl)cnc1CCCCc1cnccn1. The molecule has 6 aromatic rings. The predicted molar refractivity (Wildman–Crippen MR) is 193 cm³/mol. The summed E-state index contributed by atoms with van der Waals surface area (Å²) in [6.45, 7) is 1.18. The average molecular weight is 709 g/mol. The lowest BCUT2D eigenvalue weighted by atomic mass is 9.98. The first-order valence-corrected chi connectivity index (χ1v) is 16.9. The van der Waals surface area contributed by atoms with E-state index in [1.807, 2.05) is 36.4 Å². The number of rotatable bonds is 15. The number of halogens is 2. The number of nitrogens with one attached hydrogen (secondary N) is 1. The Morgan fingerprint density at radius 1 is 0.580 bits per heavy atom. The van der Waals surface area contributed by atoms with Gasteiger partial charge in [0.1, 0.15) is 11.4 Å². The van der Waals surface area contributed by atoms with E-state index >= 15 is 0 Å². The molecule has 4 heterocycles. The summed E-state index contributed by atoms with van der Waals surface area (Å²) < 4.78 is 11.2. The monoisotopic (exact) mass is 707 g/mol. The van der Waals surface area contributed by atoms with Gasteiger partial charge in [0, 0.05) is 78.9 Å². The van der Waals surface area contributed by atoms with Gasteiger partial charge in [0.05, 0.1) is 59.4 Å². The van der Waals surface area contributed by atoms with E-state index in [4.69, 9.17) is 47.6 Å². The second-order valence-electron chi connectivity index (χ2n) is 11.3. The molecule has 0 spiro atoms. The Balaban J connectivity index is 1.18. The highest BCUT2D eigenvalue weighted by Crippen LogP contribution is 2.42. The van der Waals surface area contributed by atoms with Gasteiger partial charge in [-0.1, -0.05) is 59.6 Å². The zero-order valence-corrected chi connectivity index (χ0v) is 29.2. The van der Waals surface area contributed by atoms with Crippen LogP contribution in [0.2, 0.25) is 10.0 Å². The Hall–Kier alpha value is -5.10. The summed E-state index contributed by atoms with van der Waals surface area (Å²) in [6, 6.07) is 11.5. The van der Waals surface area contributed by atoms with Crippen LogP contribution in [0.25, 0.3) is 33.6 Å². The lowest BCUT2D eigenvalue weighted by Crippen LogP contribution is -2.19. The van der Waals surface area contributed by atoms with E-state index in [2.05, 4.69) is 30.2 Å². The number of hydrogen-bond donors (Lipinski definition) is 1. The van der Waals surface area contributed by atoms with Crippen LogP contribution in [0.3, 0.4) is 0 Å². The van der Waals surface area contributed by atoms with Gasteiger partial charge >= 0.3 is 0 Å². The van der Waals surface area contributed by atoms with E-state index in [1.54, 1.807) is 63.8 Å². The van der Waals surface area contributed by atoms with E-state index in [0.717, 1.165) is 60.3 Å². The molecule has 4 aromatic heterocycles. The van der Waals surface area contributed by atoms with Crippen molar-refractivity contribution in [3.8, 4) is 45.4 Å². The van der Waals surface area contributed by atoms with Gasteiger partial charge in [-0.05, 0) is 25.7 Å². The van der Waals surface area contributed by atoms with E-state index in [9.17, 15) is 0 Å². The second kappa shape index (κ2) is 17.0. The Bertz CT molecular complexity index is 1890. The van der Waals surface area contributed by atoms with Gasteiger partial charge in [0.2, 0.25) is 11.8 Å².